The molecule has 0 saturated carbocycles. The highest BCUT2D eigenvalue weighted by Crippen LogP contribution is 2.45. The SMILES string of the molecule is COc1nc(-c2ccc(F)c3sc(N)c(C#N)c23)c(F)c2nc(OC[C@]3(C)CN(C)CC[C@@H]3CF)nc(N3C[C@H]4CC[C@@H](C3)N4)c12. The number of thiophene rings is 1. The number of hydrogen-bond acceptors (Lipinski definition) is 11. The average Bonchev–Trinajstić information content (AvgIpc) is 3.57. The number of halogens is 3. The van der Waals surface area contributed by atoms with Gasteiger partial charge in [-0.25, -0.2) is 13.8 Å². The van der Waals surface area contributed by atoms with Crippen LogP contribution in [0.4, 0.5) is 24.0 Å². The van der Waals surface area contributed by atoms with Crippen LogP contribution in [-0.4, -0.2) is 85.6 Å². The molecule has 7 rings (SSSR count). The van der Waals surface area contributed by atoms with Gasteiger partial charge >= 0.3 is 6.01 Å². The van der Waals surface area contributed by atoms with E-state index in [1.807, 2.05) is 20.0 Å². The van der Waals surface area contributed by atoms with Crippen LogP contribution in [0.3, 0.4) is 0 Å². The molecule has 0 unspecified atom stereocenters. The number of nitrogens with two attached hydrogens (primary N) is 1. The lowest BCUT2D eigenvalue weighted by molar-refractivity contribution is 0.000321. The van der Waals surface area contributed by atoms with E-state index >= 15 is 4.39 Å². The standard InChI is InChI=1S/C32H35F3N8O2S/c1-32(14-42(2)9-8-16(32)10-33)15-45-31-40-26-23(29(41-31)43-12-17-4-5-18(13-43)38-17)30(44-3)39-25(24(26)35)19-6-7-21(34)27-22(19)20(11-36)28(37)46-27/h6-7,16-18,38H,4-5,8-10,12-15,37H2,1-3H3/t16-,17-,18+,32+/m1/s1. The van der Waals surface area contributed by atoms with Crippen molar-refractivity contribution in [3.8, 4) is 29.2 Å². The number of alkyl halides is 1. The van der Waals surface area contributed by atoms with Gasteiger partial charge in [-0.15, -0.1) is 11.3 Å². The van der Waals surface area contributed by atoms with Crippen LogP contribution < -0.4 is 25.4 Å². The van der Waals surface area contributed by atoms with Gasteiger partial charge < -0.3 is 30.3 Å². The van der Waals surface area contributed by atoms with Crippen LogP contribution in [0.25, 0.3) is 32.2 Å². The number of pyridine rings is 1. The first-order valence-corrected chi connectivity index (χ1v) is 16.2. The molecule has 2 bridgehead atoms. The topological polar surface area (TPSA) is 125 Å². The van der Waals surface area contributed by atoms with Crippen molar-refractivity contribution in [2.75, 3.05) is 64.3 Å². The van der Waals surface area contributed by atoms with Crippen molar-refractivity contribution >= 4 is 43.1 Å². The number of piperazine rings is 1. The number of nitrogens with zero attached hydrogens (tertiary/aromatic N) is 6. The van der Waals surface area contributed by atoms with Gasteiger partial charge in [0, 0.05) is 48.1 Å². The molecule has 3 aliphatic rings. The van der Waals surface area contributed by atoms with E-state index in [-0.39, 0.29) is 79.3 Å². The monoisotopic (exact) mass is 652 g/mol. The van der Waals surface area contributed by atoms with Gasteiger partial charge in [0.1, 0.15) is 39.3 Å². The van der Waals surface area contributed by atoms with Crippen LogP contribution in [0.1, 0.15) is 31.7 Å². The smallest absolute Gasteiger partial charge is 0.319 e. The number of methoxy groups -OCH3 is 1. The predicted molar refractivity (Wildman–Crippen MR) is 171 cm³/mol. The fraction of sp³-hybridized carbons (Fsp3) is 0.500. The number of fused-ring (bicyclic) bond motifs is 4. The van der Waals surface area contributed by atoms with Crippen LogP contribution in [0.15, 0.2) is 12.1 Å². The molecule has 4 aromatic rings. The minimum absolute atomic E-state index is 0.0414. The number of likely N-dealkylation sites (tertiary alicyclic amines) is 1. The van der Waals surface area contributed by atoms with Crippen LogP contribution >= 0.6 is 11.3 Å². The summed E-state index contributed by atoms with van der Waals surface area (Å²) in [6.07, 6.45) is 2.73. The van der Waals surface area contributed by atoms with E-state index in [1.54, 1.807) is 0 Å². The lowest BCUT2D eigenvalue weighted by atomic mass is 9.73. The Balaban J connectivity index is 1.41. The zero-order valence-electron chi connectivity index (χ0n) is 25.9. The zero-order valence-corrected chi connectivity index (χ0v) is 26.7. The molecule has 3 saturated heterocycles. The minimum atomic E-state index is -0.797. The number of nitrogen functional groups attached to an aromatic ring is 1. The number of benzene rings is 1. The molecule has 3 N–H and O–H groups in total. The Morgan fingerprint density at radius 2 is 1.91 bits per heavy atom. The second kappa shape index (κ2) is 11.7. The van der Waals surface area contributed by atoms with Crippen LogP contribution in [0, 0.1) is 34.3 Å². The summed E-state index contributed by atoms with van der Waals surface area (Å²) in [6, 6.07) is 5.07. The molecular weight excluding hydrogens is 617 g/mol. The quantitative estimate of drug-likeness (QED) is 0.285. The Bertz CT molecular complexity index is 1870. The number of nitriles is 1. The maximum Gasteiger partial charge on any atom is 0.319 e. The third-order valence-electron chi connectivity index (χ3n) is 9.80. The van der Waals surface area contributed by atoms with Crippen LogP contribution in [0.5, 0.6) is 11.9 Å². The number of ether oxygens (including phenoxy) is 2. The summed E-state index contributed by atoms with van der Waals surface area (Å²) < 4.78 is 58.0. The number of nitrogens with one attached hydrogen (secondary N) is 1. The molecule has 3 aromatic heterocycles. The molecular formula is C32H35F3N8O2S. The van der Waals surface area contributed by atoms with E-state index in [2.05, 4.69) is 25.1 Å². The van der Waals surface area contributed by atoms with Crippen molar-refractivity contribution in [3.63, 3.8) is 0 Å². The number of anilines is 2. The molecule has 0 amide bonds. The van der Waals surface area contributed by atoms with E-state index in [0.717, 1.165) is 30.7 Å². The number of piperidine rings is 1. The molecule has 242 valence electrons. The summed E-state index contributed by atoms with van der Waals surface area (Å²) in [5.74, 6) is -1.06. The first-order valence-electron chi connectivity index (χ1n) is 15.4. The summed E-state index contributed by atoms with van der Waals surface area (Å²) in [5.41, 5.74) is 5.53. The van der Waals surface area contributed by atoms with Gasteiger partial charge in [0.05, 0.1) is 30.7 Å². The van der Waals surface area contributed by atoms with Gasteiger partial charge in [0.15, 0.2) is 5.82 Å². The molecule has 10 nitrogen and oxygen atoms in total. The van der Waals surface area contributed by atoms with Gasteiger partial charge in [-0.05, 0) is 50.9 Å². The Hall–Kier alpha value is -3.93. The molecule has 4 atom stereocenters. The first kappa shape index (κ1) is 30.7. The minimum Gasteiger partial charge on any atom is -0.480 e. The van der Waals surface area contributed by atoms with Crippen LogP contribution in [0.2, 0.25) is 0 Å². The lowest BCUT2D eigenvalue weighted by Gasteiger charge is -2.43. The number of hydrogen-bond donors (Lipinski definition) is 2. The van der Waals surface area contributed by atoms with Crippen molar-refractivity contribution in [1.29, 1.82) is 5.26 Å². The van der Waals surface area contributed by atoms with Crippen LogP contribution in [-0.2, 0) is 0 Å². The summed E-state index contributed by atoms with van der Waals surface area (Å²) in [5, 5.41) is 14.0. The van der Waals surface area contributed by atoms with E-state index < -0.39 is 23.7 Å². The summed E-state index contributed by atoms with van der Waals surface area (Å²) in [6.45, 7) is 4.37. The van der Waals surface area contributed by atoms with Crippen molar-refractivity contribution in [2.45, 2.75) is 38.3 Å². The van der Waals surface area contributed by atoms with E-state index in [9.17, 15) is 14.0 Å². The number of rotatable bonds is 7. The van der Waals surface area contributed by atoms with Crippen molar-refractivity contribution in [3.05, 3.63) is 29.3 Å². The van der Waals surface area contributed by atoms with E-state index in [4.69, 9.17) is 20.2 Å². The van der Waals surface area contributed by atoms with Gasteiger partial charge in [-0.1, -0.05) is 6.92 Å². The molecule has 46 heavy (non-hydrogen) atoms. The largest absolute Gasteiger partial charge is 0.480 e. The van der Waals surface area contributed by atoms with Crippen molar-refractivity contribution < 1.29 is 22.6 Å². The van der Waals surface area contributed by atoms with Gasteiger partial charge in [-0.3, -0.25) is 4.39 Å². The predicted octanol–water partition coefficient (Wildman–Crippen LogP) is 4.89. The molecule has 1 aromatic carbocycles. The Morgan fingerprint density at radius 3 is 2.61 bits per heavy atom. The third kappa shape index (κ3) is 5.05. The second-order valence-electron chi connectivity index (χ2n) is 13.0. The fourth-order valence-electron chi connectivity index (χ4n) is 7.40. The molecule has 3 fully saturated rings. The fourth-order valence-corrected chi connectivity index (χ4v) is 8.35. The molecule has 14 heteroatoms. The Kier molecular flexibility index (Phi) is 7.81. The van der Waals surface area contributed by atoms with E-state index in [1.165, 1.54) is 19.2 Å². The van der Waals surface area contributed by atoms with Gasteiger partial charge in [0.2, 0.25) is 5.88 Å². The maximum absolute atomic E-state index is 16.9. The van der Waals surface area contributed by atoms with Gasteiger partial charge in [0.25, 0.3) is 0 Å². The lowest BCUT2D eigenvalue weighted by Crippen LogP contribution is -2.51. The second-order valence-corrected chi connectivity index (χ2v) is 14.0. The Morgan fingerprint density at radius 1 is 1.15 bits per heavy atom. The van der Waals surface area contributed by atoms with E-state index in [0.29, 0.717) is 31.9 Å². The highest BCUT2D eigenvalue weighted by atomic mass is 32.1. The molecule has 0 aliphatic carbocycles. The maximum atomic E-state index is 16.9. The summed E-state index contributed by atoms with van der Waals surface area (Å²) in [4.78, 5) is 18.2. The molecule has 0 spiro atoms. The summed E-state index contributed by atoms with van der Waals surface area (Å²) in [7, 11) is 3.43. The first-order chi connectivity index (χ1) is 22.1. The molecule has 3 aliphatic heterocycles. The molecule has 0 radical (unpaired) electrons. The highest BCUT2D eigenvalue weighted by Gasteiger charge is 2.40. The number of aromatic nitrogens is 3. The van der Waals surface area contributed by atoms with Crippen molar-refractivity contribution in [1.82, 2.24) is 25.2 Å². The van der Waals surface area contributed by atoms with Gasteiger partial charge in [-0.2, -0.15) is 15.2 Å². The zero-order chi connectivity index (χ0) is 32.3. The normalized spacial score (nSPS) is 24.9. The highest BCUT2D eigenvalue weighted by molar-refractivity contribution is 7.23. The molecule has 6 heterocycles. The Labute approximate surface area is 268 Å². The summed E-state index contributed by atoms with van der Waals surface area (Å²) >= 11 is 0.920. The van der Waals surface area contributed by atoms with Crippen molar-refractivity contribution in [2.24, 2.45) is 11.3 Å². The third-order valence-corrected chi connectivity index (χ3v) is 10.8. The average molecular weight is 653 g/mol.